The van der Waals surface area contributed by atoms with Crippen LogP contribution in [0.1, 0.15) is 29.7 Å². The van der Waals surface area contributed by atoms with Gasteiger partial charge >= 0.3 is 0 Å². The minimum absolute atomic E-state index is 0.312. The molecule has 1 aromatic heterocycles. The van der Waals surface area contributed by atoms with Gasteiger partial charge < -0.3 is 11.1 Å². The van der Waals surface area contributed by atoms with Gasteiger partial charge in [0.05, 0.1) is 0 Å². The Morgan fingerprint density at radius 2 is 1.95 bits per heavy atom. The van der Waals surface area contributed by atoms with Crippen LogP contribution in [0.25, 0.3) is 0 Å². The fourth-order valence-electron chi connectivity index (χ4n) is 2.21. The smallest absolute Gasteiger partial charge is 0.123 e. The number of nitrogens with one attached hydrogen (secondary N) is 1. The summed E-state index contributed by atoms with van der Waals surface area (Å²) in [5.74, 6) is 0.580. The van der Waals surface area contributed by atoms with E-state index in [2.05, 4.69) is 48.4 Å². The summed E-state index contributed by atoms with van der Waals surface area (Å²) in [6, 6.07) is 13.0. The maximum atomic E-state index is 5.74. The SMILES string of the molecule is CCNC(Cc1ccnc(N)c1)c1ccc(C)cc1. The molecule has 2 aromatic rings. The second-order valence-corrected chi connectivity index (χ2v) is 4.81. The number of nitrogens with two attached hydrogens (primary N) is 1. The molecule has 0 aliphatic carbocycles. The average Bonchev–Trinajstić information content (AvgIpc) is 2.39. The Morgan fingerprint density at radius 3 is 2.58 bits per heavy atom. The van der Waals surface area contributed by atoms with Crippen LogP contribution in [-0.2, 0) is 6.42 Å². The number of aryl methyl sites for hydroxylation is 1. The van der Waals surface area contributed by atoms with Gasteiger partial charge in [0.1, 0.15) is 5.82 Å². The topological polar surface area (TPSA) is 50.9 Å². The second-order valence-electron chi connectivity index (χ2n) is 4.81. The van der Waals surface area contributed by atoms with Gasteiger partial charge in [0, 0.05) is 12.2 Å². The summed E-state index contributed by atoms with van der Waals surface area (Å²) in [4.78, 5) is 4.03. The predicted octanol–water partition coefficient (Wildman–Crippen LogP) is 2.87. The van der Waals surface area contributed by atoms with Gasteiger partial charge in [-0.1, -0.05) is 36.8 Å². The number of nitrogen functional groups attached to an aromatic ring is 1. The third-order valence-corrected chi connectivity index (χ3v) is 3.22. The molecule has 3 heteroatoms. The lowest BCUT2D eigenvalue weighted by molar-refractivity contribution is 0.549. The van der Waals surface area contributed by atoms with Crippen LogP contribution in [0.5, 0.6) is 0 Å². The lowest BCUT2D eigenvalue weighted by Crippen LogP contribution is -2.23. The number of aromatic nitrogens is 1. The maximum absolute atomic E-state index is 5.74. The number of likely N-dealkylation sites (N-methyl/N-ethyl adjacent to an activating group) is 1. The molecule has 0 bridgehead atoms. The Morgan fingerprint density at radius 1 is 1.21 bits per heavy atom. The highest BCUT2D eigenvalue weighted by Gasteiger charge is 2.11. The van der Waals surface area contributed by atoms with Gasteiger partial charge in [-0.05, 0) is 43.1 Å². The Kier molecular flexibility index (Phi) is 4.53. The van der Waals surface area contributed by atoms with Crippen LogP contribution in [0, 0.1) is 6.92 Å². The maximum Gasteiger partial charge on any atom is 0.123 e. The molecule has 0 spiro atoms. The lowest BCUT2D eigenvalue weighted by atomic mass is 9.98. The van der Waals surface area contributed by atoms with Crippen LogP contribution < -0.4 is 11.1 Å². The van der Waals surface area contributed by atoms with E-state index in [9.17, 15) is 0 Å². The number of hydrogen-bond acceptors (Lipinski definition) is 3. The first-order chi connectivity index (χ1) is 9.19. The van der Waals surface area contributed by atoms with Crippen LogP contribution >= 0.6 is 0 Å². The summed E-state index contributed by atoms with van der Waals surface area (Å²) in [6.45, 7) is 5.18. The monoisotopic (exact) mass is 255 g/mol. The molecule has 0 saturated carbocycles. The summed E-state index contributed by atoms with van der Waals surface area (Å²) in [5.41, 5.74) is 9.54. The molecule has 3 N–H and O–H groups in total. The molecule has 1 aromatic carbocycles. The average molecular weight is 255 g/mol. The van der Waals surface area contributed by atoms with Crippen molar-refractivity contribution >= 4 is 5.82 Å². The third-order valence-electron chi connectivity index (χ3n) is 3.22. The minimum atomic E-state index is 0.312. The molecular weight excluding hydrogens is 234 g/mol. The van der Waals surface area contributed by atoms with Gasteiger partial charge in [-0.25, -0.2) is 4.98 Å². The van der Waals surface area contributed by atoms with Crippen LogP contribution in [0.2, 0.25) is 0 Å². The molecule has 0 amide bonds. The predicted molar refractivity (Wildman–Crippen MR) is 80.0 cm³/mol. The summed E-state index contributed by atoms with van der Waals surface area (Å²) in [6.07, 6.45) is 2.69. The van der Waals surface area contributed by atoms with E-state index in [0.717, 1.165) is 13.0 Å². The summed E-state index contributed by atoms with van der Waals surface area (Å²) in [5, 5.41) is 3.53. The summed E-state index contributed by atoms with van der Waals surface area (Å²) < 4.78 is 0. The number of anilines is 1. The van der Waals surface area contributed by atoms with E-state index in [-0.39, 0.29) is 0 Å². The van der Waals surface area contributed by atoms with Crippen molar-refractivity contribution in [2.75, 3.05) is 12.3 Å². The highest BCUT2D eigenvalue weighted by Crippen LogP contribution is 2.19. The normalized spacial score (nSPS) is 12.3. The molecule has 19 heavy (non-hydrogen) atoms. The molecule has 1 unspecified atom stereocenters. The van der Waals surface area contributed by atoms with Crippen LogP contribution in [0.4, 0.5) is 5.82 Å². The first-order valence-electron chi connectivity index (χ1n) is 6.69. The Bertz CT molecular complexity index is 520. The molecule has 0 fully saturated rings. The fourth-order valence-corrected chi connectivity index (χ4v) is 2.21. The second kappa shape index (κ2) is 6.34. The van der Waals surface area contributed by atoms with Crippen LogP contribution in [-0.4, -0.2) is 11.5 Å². The first-order valence-corrected chi connectivity index (χ1v) is 6.69. The number of rotatable bonds is 5. The van der Waals surface area contributed by atoms with Gasteiger partial charge in [0.25, 0.3) is 0 Å². The van der Waals surface area contributed by atoms with Crippen molar-refractivity contribution in [1.29, 1.82) is 0 Å². The molecule has 1 heterocycles. The lowest BCUT2D eigenvalue weighted by Gasteiger charge is -2.19. The van der Waals surface area contributed by atoms with Crippen molar-refractivity contribution in [1.82, 2.24) is 10.3 Å². The van der Waals surface area contributed by atoms with E-state index in [1.54, 1.807) is 6.20 Å². The zero-order chi connectivity index (χ0) is 13.7. The molecule has 2 rings (SSSR count). The van der Waals surface area contributed by atoms with Crippen molar-refractivity contribution in [2.45, 2.75) is 26.3 Å². The molecule has 0 aliphatic rings. The van der Waals surface area contributed by atoms with E-state index in [0.29, 0.717) is 11.9 Å². The molecule has 3 nitrogen and oxygen atoms in total. The van der Waals surface area contributed by atoms with E-state index < -0.39 is 0 Å². The summed E-state index contributed by atoms with van der Waals surface area (Å²) >= 11 is 0. The summed E-state index contributed by atoms with van der Waals surface area (Å²) in [7, 11) is 0. The Labute approximate surface area is 114 Å². The van der Waals surface area contributed by atoms with Gasteiger partial charge in [-0.15, -0.1) is 0 Å². The molecule has 0 saturated heterocycles. The molecular formula is C16H21N3. The highest BCUT2D eigenvalue weighted by molar-refractivity contribution is 5.33. The highest BCUT2D eigenvalue weighted by atomic mass is 14.9. The quantitative estimate of drug-likeness (QED) is 0.863. The minimum Gasteiger partial charge on any atom is -0.384 e. The number of hydrogen-bond donors (Lipinski definition) is 2. The van der Waals surface area contributed by atoms with E-state index in [1.807, 2.05) is 12.1 Å². The Hall–Kier alpha value is -1.87. The van der Waals surface area contributed by atoms with Crippen LogP contribution in [0.3, 0.4) is 0 Å². The van der Waals surface area contributed by atoms with Crippen LogP contribution in [0.15, 0.2) is 42.6 Å². The van der Waals surface area contributed by atoms with Crippen molar-refractivity contribution in [3.63, 3.8) is 0 Å². The molecule has 0 aliphatic heterocycles. The first kappa shape index (κ1) is 13.6. The van der Waals surface area contributed by atoms with Crippen molar-refractivity contribution in [3.05, 3.63) is 59.3 Å². The Balaban J connectivity index is 2.18. The van der Waals surface area contributed by atoms with Crippen molar-refractivity contribution < 1.29 is 0 Å². The largest absolute Gasteiger partial charge is 0.384 e. The zero-order valence-corrected chi connectivity index (χ0v) is 11.6. The van der Waals surface area contributed by atoms with Crippen molar-refractivity contribution in [2.24, 2.45) is 0 Å². The molecule has 1 atom stereocenters. The van der Waals surface area contributed by atoms with E-state index in [1.165, 1.54) is 16.7 Å². The van der Waals surface area contributed by atoms with E-state index in [4.69, 9.17) is 5.73 Å². The zero-order valence-electron chi connectivity index (χ0n) is 11.6. The fraction of sp³-hybridized carbons (Fsp3) is 0.312. The van der Waals surface area contributed by atoms with Gasteiger partial charge in [0.15, 0.2) is 0 Å². The number of nitrogens with zero attached hydrogens (tertiary/aromatic N) is 1. The number of benzene rings is 1. The van der Waals surface area contributed by atoms with Gasteiger partial charge in [-0.2, -0.15) is 0 Å². The molecule has 100 valence electrons. The number of pyridine rings is 1. The van der Waals surface area contributed by atoms with Crippen molar-refractivity contribution in [3.8, 4) is 0 Å². The molecule has 0 radical (unpaired) electrons. The van der Waals surface area contributed by atoms with E-state index >= 15 is 0 Å². The van der Waals surface area contributed by atoms with Gasteiger partial charge in [0.2, 0.25) is 0 Å². The third kappa shape index (κ3) is 3.80. The van der Waals surface area contributed by atoms with Gasteiger partial charge in [-0.3, -0.25) is 0 Å². The standard InChI is InChI=1S/C16H21N3/c1-3-18-15(14-6-4-12(2)5-7-14)10-13-8-9-19-16(17)11-13/h4-9,11,15,18H,3,10H2,1-2H3,(H2,17,19).